The summed E-state index contributed by atoms with van der Waals surface area (Å²) in [4.78, 5) is 9.63. The minimum Gasteiger partial charge on any atom is -0.494 e. The van der Waals surface area contributed by atoms with Crippen molar-refractivity contribution in [2.75, 3.05) is 13.2 Å². The number of nitro groups is 1. The van der Waals surface area contributed by atoms with Crippen LogP contribution in [0, 0.1) is 10.1 Å². The average Bonchev–Trinajstić information content (AvgIpc) is 2.18. The van der Waals surface area contributed by atoms with E-state index >= 15 is 0 Å². The molecule has 0 aromatic heterocycles. The Hall–Kier alpha value is -1.62. The summed E-state index contributed by atoms with van der Waals surface area (Å²) in [7, 11) is 0. The summed E-state index contributed by atoms with van der Waals surface area (Å²) in [6.07, 6.45) is -1.06. The molecule has 1 aromatic rings. The van der Waals surface area contributed by atoms with Gasteiger partial charge in [0.1, 0.15) is 11.9 Å². The van der Waals surface area contributed by atoms with Gasteiger partial charge in [0.15, 0.2) is 0 Å². The lowest BCUT2D eigenvalue weighted by atomic mass is 10.1. The first kappa shape index (κ1) is 11.5. The Balaban J connectivity index is 2.66. The normalized spacial score (nSPS) is 12.1. The molecule has 0 saturated heterocycles. The molecule has 0 amide bonds. The summed E-state index contributed by atoms with van der Waals surface area (Å²) in [5.41, 5.74) is 0.523. The maximum atomic E-state index is 10.2. The third-order valence-corrected chi connectivity index (χ3v) is 1.90. The third kappa shape index (κ3) is 3.55. The molecule has 0 bridgehead atoms. The molecule has 1 rings (SSSR count). The Labute approximate surface area is 87.5 Å². The van der Waals surface area contributed by atoms with E-state index in [0.29, 0.717) is 17.9 Å². The molecule has 15 heavy (non-hydrogen) atoms. The minimum absolute atomic E-state index is 0.478. The predicted molar refractivity (Wildman–Crippen MR) is 54.4 cm³/mol. The number of benzene rings is 1. The molecule has 1 aromatic carbocycles. The number of ether oxygens (including phenoxy) is 1. The van der Waals surface area contributed by atoms with Gasteiger partial charge in [0, 0.05) is 4.92 Å². The van der Waals surface area contributed by atoms with E-state index in [2.05, 4.69) is 0 Å². The van der Waals surface area contributed by atoms with Gasteiger partial charge in [0.25, 0.3) is 0 Å². The van der Waals surface area contributed by atoms with E-state index in [4.69, 9.17) is 4.74 Å². The first-order valence-corrected chi connectivity index (χ1v) is 4.66. The Bertz CT molecular complexity index is 323. The molecule has 0 aliphatic heterocycles. The van der Waals surface area contributed by atoms with E-state index in [0.717, 1.165) is 0 Å². The van der Waals surface area contributed by atoms with Crippen LogP contribution in [0.3, 0.4) is 0 Å². The van der Waals surface area contributed by atoms with Crippen molar-refractivity contribution < 1.29 is 14.8 Å². The molecule has 0 aliphatic rings. The lowest BCUT2D eigenvalue weighted by Gasteiger charge is -2.07. The quantitative estimate of drug-likeness (QED) is 0.590. The fourth-order valence-electron chi connectivity index (χ4n) is 1.20. The van der Waals surface area contributed by atoms with Gasteiger partial charge in [-0.3, -0.25) is 10.1 Å². The second kappa shape index (κ2) is 5.31. The van der Waals surface area contributed by atoms with Crippen molar-refractivity contribution in [1.29, 1.82) is 0 Å². The Kier molecular flexibility index (Phi) is 4.05. The zero-order valence-corrected chi connectivity index (χ0v) is 8.42. The molecule has 0 heterocycles. The molecule has 82 valence electrons. The van der Waals surface area contributed by atoms with E-state index in [1.54, 1.807) is 24.3 Å². The number of nitrogens with zero attached hydrogens (tertiary/aromatic N) is 1. The Morgan fingerprint density at radius 1 is 1.47 bits per heavy atom. The Morgan fingerprint density at radius 2 is 2.07 bits per heavy atom. The first-order valence-electron chi connectivity index (χ1n) is 4.66. The highest BCUT2D eigenvalue weighted by Gasteiger charge is 2.13. The summed E-state index contributed by atoms with van der Waals surface area (Å²) in [6, 6.07) is 6.61. The monoisotopic (exact) mass is 211 g/mol. The van der Waals surface area contributed by atoms with Crippen molar-refractivity contribution in [2.24, 2.45) is 0 Å². The molecule has 1 atom stereocenters. The van der Waals surface area contributed by atoms with Gasteiger partial charge < -0.3 is 9.84 Å². The maximum Gasteiger partial charge on any atom is 0.233 e. The van der Waals surface area contributed by atoms with Crippen LogP contribution in [0.4, 0.5) is 0 Å². The van der Waals surface area contributed by atoms with Gasteiger partial charge in [0.05, 0.1) is 6.61 Å². The molecule has 0 saturated carbocycles. The van der Waals surface area contributed by atoms with Crippen molar-refractivity contribution in [1.82, 2.24) is 0 Å². The third-order valence-electron chi connectivity index (χ3n) is 1.90. The largest absolute Gasteiger partial charge is 0.494 e. The number of hydrogen-bond donors (Lipinski definition) is 1. The van der Waals surface area contributed by atoms with Gasteiger partial charge in [-0.1, -0.05) is 12.1 Å². The van der Waals surface area contributed by atoms with Gasteiger partial charge in [-0.2, -0.15) is 0 Å². The van der Waals surface area contributed by atoms with Crippen LogP contribution in [-0.4, -0.2) is 23.2 Å². The van der Waals surface area contributed by atoms with Crippen LogP contribution in [0.1, 0.15) is 18.6 Å². The lowest BCUT2D eigenvalue weighted by Crippen LogP contribution is -2.11. The molecule has 0 fully saturated rings. The zero-order chi connectivity index (χ0) is 11.3. The fraction of sp³-hybridized carbons (Fsp3) is 0.400. The van der Waals surface area contributed by atoms with Gasteiger partial charge in [-0.25, -0.2) is 0 Å². The van der Waals surface area contributed by atoms with E-state index < -0.39 is 17.6 Å². The standard InChI is InChI=1S/C10H13NO4/c1-2-15-9-5-3-8(4-6-9)10(12)7-11(13)14/h3-6,10,12H,2,7H2,1H3. The lowest BCUT2D eigenvalue weighted by molar-refractivity contribution is -0.491. The van der Waals surface area contributed by atoms with Crippen molar-refractivity contribution in [2.45, 2.75) is 13.0 Å². The second-order valence-electron chi connectivity index (χ2n) is 3.03. The highest BCUT2D eigenvalue weighted by molar-refractivity contribution is 5.28. The fourth-order valence-corrected chi connectivity index (χ4v) is 1.20. The second-order valence-corrected chi connectivity index (χ2v) is 3.03. The van der Waals surface area contributed by atoms with Crippen molar-refractivity contribution in [3.63, 3.8) is 0 Å². The molecule has 1 unspecified atom stereocenters. The topological polar surface area (TPSA) is 72.6 Å². The summed E-state index contributed by atoms with van der Waals surface area (Å²) >= 11 is 0. The Morgan fingerprint density at radius 3 is 2.53 bits per heavy atom. The molecule has 5 nitrogen and oxygen atoms in total. The predicted octanol–water partition coefficient (Wildman–Crippen LogP) is 1.40. The molecule has 0 spiro atoms. The van der Waals surface area contributed by atoms with Crippen LogP contribution in [-0.2, 0) is 0 Å². The van der Waals surface area contributed by atoms with Gasteiger partial charge in [-0.05, 0) is 24.6 Å². The highest BCUT2D eigenvalue weighted by Crippen LogP contribution is 2.17. The number of aliphatic hydroxyl groups is 1. The van der Waals surface area contributed by atoms with E-state index in [-0.39, 0.29) is 0 Å². The zero-order valence-electron chi connectivity index (χ0n) is 8.42. The van der Waals surface area contributed by atoms with Crippen molar-refractivity contribution in [3.05, 3.63) is 39.9 Å². The highest BCUT2D eigenvalue weighted by atomic mass is 16.6. The SMILES string of the molecule is CCOc1ccc(C(O)C[N+](=O)[O-])cc1. The summed E-state index contributed by atoms with van der Waals surface area (Å²) < 4.78 is 5.21. The maximum absolute atomic E-state index is 10.2. The van der Waals surface area contributed by atoms with Crippen LogP contribution in [0.15, 0.2) is 24.3 Å². The van der Waals surface area contributed by atoms with Crippen LogP contribution < -0.4 is 4.74 Å². The first-order chi connectivity index (χ1) is 7.13. The van der Waals surface area contributed by atoms with Crippen LogP contribution in [0.5, 0.6) is 5.75 Å². The summed E-state index contributed by atoms with van der Waals surface area (Å²) in [5.74, 6) is 0.689. The van der Waals surface area contributed by atoms with Gasteiger partial charge >= 0.3 is 0 Å². The van der Waals surface area contributed by atoms with Gasteiger partial charge in [-0.15, -0.1) is 0 Å². The molecule has 0 aliphatic carbocycles. The van der Waals surface area contributed by atoms with E-state index in [9.17, 15) is 15.2 Å². The number of aliphatic hydroxyl groups excluding tert-OH is 1. The van der Waals surface area contributed by atoms with Gasteiger partial charge in [0.2, 0.25) is 6.54 Å². The van der Waals surface area contributed by atoms with Crippen molar-refractivity contribution >= 4 is 0 Å². The summed E-state index contributed by atoms with van der Waals surface area (Å²) in [5, 5.41) is 19.6. The minimum atomic E-state index is -1.06. The average molecular weight is 211 g/mol. The van der Waals surface area contributed by atoms with E-state index in [1.165, 1.54) is 0 Å². The smallest absolute Gasteiger partial charge is 0.233 e. The van der Waals surface area contributed by atoms with Crippen LogP contribution in [0.2, 0.25) is 0 Å². The summed E-state index contributed by atoms with van der Waals surface area (Å²) in [6.45, 7) is 1.96. The van der Waals surface area contributed by atoms with Crippen LogP contribution >= 0.6 is 0 Å². The molecular weight excluding hydrogens is 198 g/mol. The molecule has 1 N–H and O–H groups in total. The van der Waals surface area contributed by atoms with Crippen LogP contribution in [0.25, 0.3) is 0 Å². The molecular formula is C10H13NO4. The van der Waals surface area contributed by atoms with Crippen molar-refractivity contribution in [3.8, 4) is 5.75 Å². The molecule has 5 heteroatoms. The number of hydrogen-bond acceptors (Lipinski definition) is 4. The molecule has 0 radical (unpaired) electrons. The number of rotatable bonds is 5. The van der Waals surface area contributed by atoms with E-state index in [1.807, 2.05) is 6.92 Å².